The quantitative estimate of drug-likeness (QED) is 0.575. The van der Waals surface area contributed by atoms with E-state index in [1.165, 1.54) is 37.5 Å². The molecule has 1 aromatic rings. The summed E-state index contributed by atoms with van der Waals surface area (Å²) in [5.41, 5.74) is -0.967. The Bertz CT molecular complexity index is 457. The van der Waals surface area contributed by atoms with Crippen molar-refractivity contribution in [1.29, 1.82) is 0 Å². The third-order valence-electron chi connectivity index (χ3n) is 3.51. The second-order valence-electron chi connectivity index (χ2n) is 5.46. The van der Waals surface area contributed by atoms with Crippen molar-refractivity contribution in [3.8, 4) is 0 Å². The van der Waals surface area contributed by atoms with Crippen molar-refractivity contribution in [2.45, 2.75) is 64.5 Å². The number of para-hydroxylation sites is 1. The lowest BCUT2D eigenvalue weighted by molar-refractivity contribution is -0.137. The third-order valence-corrected chi connectivity index (χ3v) is 3.51. The third kappa shape index (κ3) is 6.96. The van der Waals surface area contributed by atoms with Gasteiger partial charge in [-0.1, -0.05) is 57.6 Å². The fourth-order valence-electron chi connectivity index (χ4n) is 2.29. The minimum absolute atomic E-state index is 0.164. The molecule has 0 aliphatic carbocycles. The van der Waals surface area contributed by atoms with Gasteiger partial charge in [-0.3, -0.25) is 4.79 Å². The van der Waals surface area contributed by atoms with Gasteiger partial charge in [-0.25, -0.2) is 0 Å². The molecule has 1 N–H and O–H groups in total. The van der Waals surface area contributed by atoms with E-state index < -0.39 is 11.7 Å². The first-order valence-corrected chi connectivity index (χ1v) is 7.91. The number of carbonyl (C=O) groups is 1. The Morgan fingerprint density at radius 2 is 1.59 bits per heavy atom. The fraction of sp³-hybridized carbons (Fsp3) is 0.588. The summed E-state index contributed by atoms with van der Waals surface area (Å²) in [5.74, 6) is -0.356. The van der Waals surface area contributed by atoms with Crippen LogP contribution in [0.25, 0.3) is 0 Å². The van der Waals surface area contributed by atoms with E-state index in [-0.39, 0.29) is 18.0 Å². The Balaban J connectivity index is 2.34. The molecule has 124 valence electrons. The smallest absolute Gasteiger partial charge is 0.326 e. The first kappa shape index (κ1) is 18.5. The summed E-state index contributed by atoms with van der Waals surface area (Å²) >= 11 is 0. The predicted molar refractivity (Wildman–Crippen MR) is 82.7 cm³/mol. The maximum absolute atomic E-state index is 12.8. The molecule has 5 heteroatoms. The molecule has 0 saturated heterocycles. The summed E-state index contributed by atoms with van der Waals surface area (Å²) in [6, 6.07) is 5.06. The Hall–Kier alpha value is -1.52. The molecule has 0 aliphatic rings. The Kier molecular flexibility index (Phi) is 7.99. The number of alkyl halides is 3. The molecule has 0 atom stereocenters. The van der Waals surface area contributed by atoms with Gasteiger partial charge in [0.15, 0.2) is 0 Å². The highest BCUT2D eigenvalue weighted by Crippen LogP contribution is 2.34. The molecular weight excluding hydrogens is 291 g/mol. The zero-order valence-corrected chi connectivity index (χ0v) is 13.0. The summed E-state index contributed by atoms with van der Waals surface area (Å²) in [4.78, 5) is 11.7. The summed E-state index contributed by atoms with van der Waals surface area (Å²) in [5, 5.41) is 2.37. The largest absolute Gasteiger partial charge is 0.418 e. The van der Waals surface area contributed by atoms with E-state index in [2.05, 4.69) is 12.2 Å². The topological polar surface area (TPSA) is 29.1 Å². The first-order chi connectivity index (χ1) is 10.4. The van der Waals surface area contributed by atoms with Gasteiger partial charge < -0.3 is 5.32 Å². The van der Waals surface area contributed by atoms with Crippen LogP contribution < -0.4 is 5.32 Å². The van der Waals surface area contributed by atoms with Crippen molar-refractivity contribution in [1.82, 2.24) is 0 Å². The van der Waals surface area contributed by atoms with E-state index >= 15 is 0 Å². The molecule has 0 spiro atoms. The molecule has 0 fully saturated rings. The summed E-state index contributed by atoms with van der Waals surface area (Å²) in [6.45, 7) is 2.16. The molecule has 0 radical (unpaired) electrons. The second-order valence-corrected chi connectivity index (χ2v) is 5.46. The molecule has 1 rings (SSSR count). The number of unbranched alkanes of at least 4 members (excludes halogenated alkanes) is 6. The number of hydrogen-bond donors (Lipinski definition) is 1. The highest BCUT2D eigenvalue weighted by molar-refractivity contribution is 5.91. The van der Waals surface area contributed by atoms with Crippen LogP contribution in [0.5, 0.6) is 0 Å². The molecule has 0 heterocycles. The van der Waals surface area contributed by atoms with Gasteiger partial charge in [-0.15, -0.1) is 0 Å². The van der Waals surface area contributed by atoms with Crippen LogP contribution in [0.2, 0.25) is 0 Å². The molecule has 0 saturated carbocycles. The Labute approximate surface area is 130 Å². The molecule has 22 heavy (non-hydrogen) atoms. The molecule has 0 aromatic heterocycles. The van der Waals surface area contributed by atoms with E-state index in [0.29, 0.717) is 6.42 Å². The lowest BCUT2D eigenvalue weighted by Gasteiger charge is -2.13. The van der Waals surface area contributed by atoms with Crippen molar-refractivity contribution < 1.29 is 18.0 Å². The van der Waals surface area contributed by atoms with Gasteiger partial charge in [0.25, 0.3) is 0 Å². The number of carbonyl (C=O) groups excluding carboxylic acids is 1. The zero-order chi connectivity index (χ0) is 16.4. The highest BCUT2D eigenvalue weighted by Gasteiger charge is 2.33. The summed E-state index contributed by atoms with van der Waals surface area (Å²) < 4.78 is 38.4. The van der Waals surface area contributed by atoms with Gasteiger partial charge in [-0.05, 0) is 18.6 Å². The van der Waals surface area contributed by atoms with E-state index in [0.717, 1.165) is 25.3 Å². The number of hydrogen-bond acceptors (Lipinski definition) is 1. The number of nitrogens with one attached hydrogen (secondary N) is 1. The van der Waals surface area contributed by atoms with Crippen LogP contribution in [0, 0.1) is 0 Å². The predicted octanol–water partition coefficient (Wildman–Crippen LogP) is 5.78. The molecule has 1 aromatic carbocycles. The number of rotatable bonds is 9. The minimum atomic E-state index is -4.46. The number of benzene rings is 1. The van der Waals surface area contributed by atoms with Crippen LogP contribution in [0.3, 0.4) is 0 Å². The molecular formula is C17H24F3NO. The monoisotopic (exact) mass is 315 g/mol. The van der Waals surface area contributed by atoms with E-state index in [4.69, 9.17) is 0 Å². The number of anilines is 1. The van der Waals surface area contributed by atoms with Gasteiger partial charge >= 0.3 is 6.18 Å². The Morgan fingerprint density at radius 1 is 1.00 bits per heavy atom. The number of amides is 1. The molecule has 0 bridgehead atoms. The molecule has 2 nitrogen and oxygen atoms in total. The van der Waals surface area contributed by atoms with Gasteiger partial charge in [0.1, 0.15) is 0 Å². The van der Waals surface area contributed by atoms with Gasteiger partial charge in [0.2, 0.25) is 5.91 Å². The lowest BCUT2D eigenvalue weighted by Crippen LogP contribution is -2.16. The van der Waals surface area contributed by atoms with Crippen molar-refractivity contribution in [2.24, 2.45) is 0 Å². The van der Waals surface area contributed by atoms with Crippen LogP contribution in [0.15, 0.2) is 24.3 Å². The van der Waals surface area contributed by atoms with Crippen LogP contribution in [0.4, 0.5) is 18.9 Å². The van der Waals surface area contributed by atoms with Gasteiger partial charge in [0.05, 0.1) is 11.3 Å². The maximum atomic E-state index is 12.8. The summed E-state index contributed by atoms with van der Waals surface area (Å²) in [6.07, 6.45) is 3.34. The van der Waals surface area contributed by atoms with Crippen molar-refractivity contribution in [3.05, 3.63) is 29.8 Å². The van der Waals surface area contributed by atoms with Crippen molar-refractivity contribution >= 4 is 11.6 Å². The maximum Gasteiger partial charge on any atom is 0.418 e. The van der Waals surface area contributed by atoms with Crippen molar-refractivity contribution in [2.75, 3.05) is 5.32 Å². The van der Waals surface area contributed by atoms with Gasteiger partial charge in [0, 0.05) is 6.42 Å². The number of halogens is 3. The van der Waals surface area contributed by atoms with E-state index in [1.807, 2.05) is 0 Å². The minimum Gasteiger partial charge on any atom is -0.326 e. The SMILES string of the molecule is CCCCCCCCCC(=O)Nc1ccccc1C(F)(F)F. The van der Waals surface area contributed by atoms with Crippen LogP contribution in [-0.2, 0) is 11.0 Å². The standard InChI is InChI=1S/C17H24F3NO/c1-2-3-4-5-6-7-8-13-16(22)21-15-12-10-9-11-14(15)17(18,19)20/h9-12H,2-8,13H2,1H3,(H,21,22). The Morgan fingerprint density at radius 3 is 2.23 bits per heavy atom. The summed E-state index contributed by atoms with van der Waals surface area (Å²) in [7, 11) is 0. The normalized spacial score (nSPS) is 11.5. The van der Waals surface area contributed by atoms with Crippen LogP contribution in [0.1, 0.15) is 63.9 Å². The lowest BCUT2D eigenvalue weighted by atomic mass is 10.1. The van der Waals surface area contributed by atoms with E-state index in [1.54, 1.807) is 0 Å². The van der Waals surface area contributed by atoms with Crippen molar-refractivity contribution in [3.63, 3.8) is 0 Å². The van der Waals surface area contributed by atoms with Crippen LogP contribution >= 0.6 is 0 Å². The van der Waals surface area contributed by atoms with E-state index in [9.17, 15) is 18.0 Å². The zero-order valence-electron chi connectivity index (χ0n) is 13.0. The second kappa shape index (κ2) is 9.49. The average Bonchev–Trinajstić information content (AvgIpc) is 2.46. The highest BCUT2D eigenvalue weighted by atomic mass is 19.4. The fourth-order valence-corrected chi connectivity index (χ4v) is 2.29. The molecule has 0 aliphatic heterocycles. The first-order valence-electron chi connectivity index (χ1n) is 7.91. The van der Waals surface area contributed by atoms with Crippen LogP contribution in [-0.4, -0.2) is 5.91 Å². The molecule has 1 amide bonds. The average molecular weight is 315 g/mol. The van der Waals surface area contributed by atoms with Gasteiger partial charge in [-0.2, -0.15) is 13.2 Å². The molecule has 0 unspecified atom stereocenters.